The predicted octanol–water partition coefficient (Wildman–Crippen LogP) is 5.20. The van der Waals surface area contributed by atoms with E-state index in [0.29, 0.717) is 22.3 Å². The van der Waals surface area contributed by atoms with Gasteiger partial charge in [0.2, 0.25) is 0 Å². The zero-order chi connectivity index (χ0) is 19.5. The maximum absolute atomic E-state index is 13.5. The van der Waals surface area contributed by atoms with Gasteiger partial charge < -0.3 is 13.9 Å². The van der Waals surface area contributed by atoms with Gasteiger partial charge in [0.05, 0.1) is 18.1 Å². The molecule has 0 fully saturated rings. The Labute approximate surface area is 163 Å². The minimum absolute atomic E-state index is 0.0941. The lowest BCUT2D eigenvalue weighted by atomic mass is 9.95. The molecule has 0 aliphatic heterocycles. The summed E-state index contributed by atoms with van der Waals surface area (Å²) in [5, 5.41) is 0.535. The molecule has 140 valence electrons. The van der Waals surface area contributed by atoms with E-state index in [9.17, 15) is 4.79 Å². The molecule has 1 unspecified atom stereocenters. The van der Waals surface area contributed by atoms with Crippen LogP contribution in [0.5, 0.6) is 5.75 Å². The molecule has 28 heavy (non-hydrogen) atoms. The first-order valence-corrected chi connectivity index (χ1v) is 9.01. The van der Waals surface area contributed by atoms with Crippen LogP contribution in [0.4, 0.5) is 0 Å². The first kappa shape index (κ1) is 18.0. The number of rotatable bonds is 5. The Morgan fingerprint density at radius 1 is 0.821 bits per heavy atom. The van der Waals surface area contributed by atoms with Gasteiger partial charge in [0, 0.05) is 12.7 Å². The standard InChI is InChI=1S/C24H20O4/c1-26-18-14-12-17(13-15-18)24-21(23(27-2)16-8-4-3-5-9-16)22(25)19-10-6-7-11-20(19)28-24/h3-15,23H,1-2H3. The molecule has 4 aromatic rings. The van der Waals surface area contributed by atoms with Crippen molar-refractivity contribution >= 4 is 11.0 Å². The molecule has 0 spiro atoms. The molecular weight excluding hydrogens is 352 g/mol. The summed E-state index contributed by atoms with van der Waals surface area (Å²) in [6.45, 7) is 0. The average molecular weight is 372 g/mol. The highest BCUT2D eigenvalue weighted by molar-refractivity contribution is 5.81. The zero-order valence-corrected chi connectivity index (χ0v) is 15.7. The highest BCUT2D eigenvalue weighted by atomic mass is 16.5. The fraction of sp³-hybridized carbons (Fsp3) is 0.125. The van der Waals surface area contributed by atoms with Crippen molar-refractivity contribution in [2.45, 2.75) is 6.10 Å². The molecule has 0 radical (unpaired) electrons. The summed E-state index contributed by atoms with van der Waals surface area (Å²) in [6.07, 6.45) is -0.542. The molecule has 1 aromatic heterocycles. The summed E-state index contributed by atoms with van der Waals surface area (Å²) in [6, 6.07) is 24.4. The minimum atomic E-state index is -0.542. The Bertz CT molecular complexity index is 1140. The van der Waals surface area contributed by atoms with Gasteiger partial charge in [-0.05, 0) is 42.0 Å². The molecule has 0 amide bonds. The van der Waals surface area contributed by atoms with Crippen LogP contribution in [0.3, 0.4) is 0 Å². The van der Waals surface area contributed by atoms with Crippen LogP contribution in [0.1, 0.15) is 17.2 Å². The van der Waals surface area contributed by atoms with Gasteiger partial charge in [0.1, 0.15) is 23.2 Å². The summed E-state index contributed by atoms with van der Waals surface area (Å²) in [5.41, 5.74) is 2.62. The minimum Gasteiger partial charge on any atom is -0.497 e. The van der Waals surface area contributed by atoms with Crippen molar-refractivity contribution in [3.8, 4) is 17.1 Å². The van der Waals surface area contributed by atoms with Crippen LogP contribution in [0.25, 0.3) is 22.3 Å². The molecule has 0 N–H and O–H groups in total. The number of ether oxygens (including phenoxy) is 2. The van der Waals surface area contributed by atoms with Crippen molar-refractivity contribution < 1.29 is 13.9 Å². The fourth-order valence-corrected chi connectivity index (χ4v) is 3.40. The Balaban J connectivity index is 2.01. The van der Waals surface area contributed by atoms with Crippen LogP contribution < -0.4 is 10.2 Å². The molecule has 3 aromatic carbocycles. The van der Waals surface area contributed by atoms with E-state index < -0.39 is 6.10 Å². The van der Waals surface area contributed by atoms with E-state index >= 15 is 0 Å². The van der Waals surface area contributed by atoms with Crippen molar-refractivity contribution in [3.63, 3.8) is 0 Å². The van der Waals surface area contributed by atoms with E-state index in [0.717, 1.165) is 16.9 Å². The van der Waals surface area contributed by atoms with Crippen LogP contribution in [0, 0.1) is 0 Å². The van der Waals surface area contributed by atoms with Gasteiger partial charge in [-0.15, -0.1) is 0 Å². The number of para-hydroxylation sites is 1. The molecule has 0 saturated carbocycles. The van der Waals surface area contributed by atoms with Crippen LogP contribution >= 0.6 is 0 Å². The second kappa shape index (κ2) is 7.71. The Hall–Kier alpha value is -3.37. The molecule has 0 bridgehead atoms. The van der Waals surface area contributed by atoms with E-state index in [1.54, 1.807) is 26.4 Å². The fourth-order valence-electron chi connectivity index (χ4n) is 3.40. The van der Waals surface area contributed by atoms with Crippen molar-refractivity contribution in [3.05, 3.63) is 100 Å². The van der Waals surface area contributed by atoms with Crippen molar-refractivity contribution in [1.29, 1.82) is 0 Å². The molecule has 1 atom stereocenters. The van der Waals surface area contributed by atoms with Gasteiger partial charge in [-0.3, -0.25) is 4.79 Å². The first-order chi connectivity index (χ1) is 13.7. The second-order valence-corrected chi connectivity index (χ2v) is 6.43. The second-order valence-electron chi connectivity index (χ2n) is 6.43. The van der Waals surface area contributed by atoms with Crippen molar-refractivity contribution in [2.24, 2.45) is 0 Å². The summed E-state index contributed by atoms with van der Waals surface area (Å²) in [5.74, 6) is 1.24. The topological polar surface area (TPSA) is 48.7 Å². The van der Waals surface area contributed by atoms with Gasteiger partial charge in [0.15, 0.2) is 5.43 Å². The number of methoxy groups -OCH3 is 2. The van der Waals surface area contributed by atoms with Crippen LogP contribution in [0.2, 0.25) is 0 Å². The Morgan fingerprint density at radius 3 is 2.18 bits per heavy atom. The molecule has 0 aliphatic carbocycles. The predicted molar refractivity (Wildman–Crippen MR) is 110 cm³/mol. The summed E-state index contributed by atoms with van der Waals surface area (Å²) in [7, 11) is 3.22. The largest absolute Gasteiger partial charge is 0.497 e. The maximum Gasteiger partial charge on any atom is 0.199 e. The number of hydrogen-bond acceptors (Lipinski definition) is 4. The van der Waals surface area contributed by atoms with Crippen LogP contribution in [0.15, 0.2) is 88.1 Å². The monoisotopic (exact) mass is 372 g/mol. The van der Waals surface area contributed by atoms with E-state index in [4.69, 9.17) is 13.9 Å². The molecule has 4 nitrogen and oxygen atoms in total. The Morgan fingerprint density at radius 2 is 1.50 bits per heavy atom. The van der Waals surface area contributed by atoms with Gasteiger partial charge in [-0.2, -0.15) is 0 Å². The van der Waals surface area contributed by atoms with Gasteiger partial charge >= 0.3 is 0 Å². The molecule has 0 saturated heterocycles. The highest BCUT2D eigenvalue weighted by Crippen LogP contribution is 2.34. The van der Waals surface area contributed by atoms with Crippen LogP contribution in [-0.2, 0) is 4.74 Å². The lowest BCUT2D eigenvalue weighted by molar-refractivity contribution is 0.135. The van der Waals surface area contributed by atoms with E-state index in [1.165, 1.54) is 0 Å². The van der Waals surface area contributed by atoms with E-state index in [1.807, 2.05) is 66.7 Å². The summed E-state index contributed by atoms with van der Waals surface area (Å²) >= 11 is 0. The summed E-state index contributed by atoms with van der Waals surface area (Å²) < 4.78 is 17.2. The molecule has 1 heterocycles. The highest BCUT2D eigenvalue weighted by Gasteiger charge is 2.25. The number of hydrogen-bond donors (Lipinski definition) is 0. The normalized spacial score (nSPS) is 12.1. The molecule has 0 aliphatic rings. The molecular formula is C24H20O4. The third-order valence-corrected chi connectivity index (χ3v) is 4.79. The van der Waals surface area contributed by atoms with Crippen LogP contribution in [-0.4, -0.2) is 14.2 Å². The molecule has 4 heteroatoms. The maximum atomic E-state index is 13.5. The summed E-state index contributed by atoms with van der Waals surface area (Å²) in [4.78, 5) is 13.5. The van der Waals surface area contributed by atoms with Gasteiger partial charge in [0.25, 0.3) is 0 Å². The smallest absolute Gasteiger partial charge is 0.199 e. The first-order valence-electron chi connectivity index (χ1n) is 9.01. The Kier molecular flexibility index (Phi) is 4.96. The van der Waals surface area contributed by atoms with E-state index in [2.05, 4.69) is 0 Å². The average Bonchev–Trinajstić information content (AvgIpc) is 2.76. The van der Waals surface area contributed by atoms with Crippen molar-refractivity contribution in [2.75, 3.05) is 14.2 Å². The van der Waals surface area contributed by atoms with Crippen molar-refractivity contribution in [1.82, 2.24) is 0 Å². The molecule has 4 rings (SSSR count). The lowest BCUT2D eigenvalue weighted by Crippen LogP contribution is -2.18. The third kappa shape index (κ3) is 3.19. The quantitative estimate of drug-likeness (QED) is 0.483. The number of fused-ring (bicyclic) bond motifs is 1. The lowest BCUT2D eigenvalue weighted by Gasteiger charge is -2.19. The third-order valence-electron chi connectivity index (χ3n) is 4.79. The zero-order valence-electron chi connectivity index (χ0n) is 15.7. The van der Waals surface area contributed by atoms with Gasteiger partial charge in [-0.25, -0.2) is 0 Å². The van der Waals surface area contributed by atoms with E-state index in [-0.39, 0.29) is 5.43 Å². The number of benzene rings is 3. The van der Waals surface area contributed by atoms with Gasteiger partial charge in [-0.1, -0.05) is 42.5 Å². The SMILES string of the molecule is COc1ccc(-c2oc3ccccc3c(=O)c2C(OC)c2ccccc2)cc1.